The van der Waals surface area contributed by atoms with Crippen LogP contribution in [-0.2, 0) is 0 Å². The van der Waals surface area contributed by atoms with Crippen molar-refractivity contribution in [2.45, 2.75) is 6.92 Å². The molecule has 0 aliphatic rings. The molecule has 0 atom stereocenters. The van der Waals surface area contributed by atoms with E-state index in [2.05, 4.69) is 10.3 Å². The lowest BCUT2D eigenvalue weighted by Crippen LogP contribution is -2.13. The van der Waals surface area contributed by atoms with Gasteiger partial charge in [-0.1, -0.05) is 0 Å². The highest BCUT2D eigenvalue weighted by Crippen LogP contribution is 2.14. The van der Waals surface area contributed by atoms with E-state index in [9.17, 15) is 14.0 Å². The quantitative estimate of drug-likeness (QED) is 0.762. The molecule has 1 heterocycles. The molecule has 2 N–H and O–H groups in total. The molecule has 0 radical (unpaired) electrons. The third-order valence-corrected chi connectivity index (χ3v) is 3.33. The number of pyridine rings is 1. The maximum absolute atomic E-state index is 12.8. The van der Waals surface area contributed by atoms with Crippen LogP contribution in [0.1, 0.15) is 16.1 Å². The molecule has 0 aliphatic heterocycles. The number of H-pyrrole nitrogens is 1. The Morgan fingerprint density at radius 2 is 1.82 bits per heavy atom. The highest BCUT2D eigenvalue weighted by Gasteiger charge is 2.09. The van der Waals surface area contributed by atoms with Crippen LogP contribution in [0.25, 0.3) is 10.9 Å². The number of aromatic nitrogens is 1. The van der Waals surface area contributed by atoms with E-state index in [1.807, 2.05) is 0 Å². The van der Waals surface area contributed by atoms with Crippen LogP contribution in [0.3, 0.4) is 0 Å². The van der Waals surface area contributed by atoms with Crippen molar-refractivity contribution in [2.24, 2.45) is 0 Å². The van der Waals surface area contributed by atoms with E-state index < -0.39 is 0 Å². The number of nitrogens with one attached hydrogen (secondary N) is 2. The first-order chi connectivity index (χ1) is 10.5. The van der Waals surface area contributed by atoms with Gasteiger partial charge in [-0.05, 0) is 49.4 Å². The molecule has 2 aromatic carbocycles. The molecule has 0 bridgehead atoms. The largest absolute Gasteiger partial charge is 0.358 e. The topological polar surface area (TPSA) is 62.0 Å². The van der Waals surface area contributed by atoms with Crippen molar-refractivity contribution >= 4 is 22.5 Å². The minimum atomic E-state index is -0.370. The molecule has 0 saturated carbocycles. The van der Waals surface area contributed by atoms with E-state index >= 15 is 0 Å². The van der Waals surface area contributed by atoms with Crippen LogP contribution in [-0.4, -0.2) is 10.9 Å². The molecule has 3 aromatic rings. The van der Waals surface area contributed by atoms with Gasteiger partial charge in [0.25, 0.3) is 5.91 Å². The number of fused-ring (bicyclic) bond motifs is 1. The predicted molar refractivity (Wildman–Crippen MR) is 83.7 cm³/mol. The first-order valence-corrected chi connectivity index (χ1v) is 6.73. The van der Waals surface area contributed by atoms with E-state index in [0.717, 1.165) is 5.69 Å². The fourth-order valence-electron chi connectivity index (χ4n) is 2.26. The van der Waals surface area contributed by atoms with Crippen LogP contribution in [0.2, 0.25) is 0 Å². The van der Waals surface area contributed by atoms with Gasteiger partial charge in [0.1, 0.15) is 5.82 Å². The van der Waals surface area contributed by atoms with Crippen LogP contribution in [0, 0.1) is 12.7 Å². The van der Waals surface area contributed by atoms with Crippen molar-refractivity contribution in [1.82, 2.24) is 4.98 Å². The summed E-state index contributed by atoms with van der Waals surface area (Å²) in [6.07, 6.45) is 0. The van der Waals surface area contributed by atoms with Crippen molar-refractivity contribution in [2.75, 3.05) is 5.32 Å². The Labute approximate surface area is 125 Å². The van der Waals surface area contributed by atoms with Gasteiger partial charge in [-0.2, -0.15) is 0 Å². The number of aryl methyl sites for hydroxylation is 1. The number of halogens is 1. The Balaban J connectivity index is 1.94. The molecule has 0 aliphatic carbocycles. The highest BCUT2D eigenvalue weighted by atomic mass is 19.1. The summed E-state index contributed by atoms with van der Waals surface area (Å²) in [5.74, 6) is -0.723. The van der Waals surface area contributed by atoms with E-state index in [1.54, 1.807) is 25.1 Å². The monoisotopic (exact) mass is 296 g/mol. The molecule has 0 unspecified atom stereocenters. The fourth-order valence-corrected chi connectivity index (χ4v) is 2.26. The van der Waals surface area contributed by atoms with Crippen molar-refractivity contribution < 1.29 is 9.18 Å². The van der Waals surface area contributed by atoms with Gasteiger partial charge in [0, 0.05) is 33.9 Å². The summed E-state index contributed by atoms with van der Waals surface area (Å²) in [6, 6.07) is 11.9. The average Bonchev–Trinajstić information content (AvgIpc) is 2.49. The lowest BCUT2D eigenvalue weighted by atomic mass is 10.1. The van der Waals surface area contributed by atoms with Crippen LogP contribution in [0.5, 0.6) is 0 Å². The van der Waals surface area contributed by atoms with Gasteiger partial charge in [-0.3, -0.25) is 9.59 Å². The normalized spacial score (nSPS) is 10.6. The van der Waals surface area contributed by atoms with Crippen LogP contribution in [0.15, 0.2) is 53.3 Å². The molecule has 1 amide bonds. The standard InChI is InChI=1S/C17H13FN2O2/c1-10-8-16(21)14-9-11(2-7-15(14)19-10)17(22)20-13-5-3-12(18)4-6-13/h2-9H,1H3,(H,19,21)(H,20,22). The van der Waals surface area contributed by atoms with E-state index in [4.69, 9.17) is 0 Å². The molecule has 5 heteroatoms. The SMILES string of the molecule is Cc1cc(=O)c2cc(C(=O)Nc3ccc(F)cc3)ccc2[nH]1. The van der Waals surface area contributed by atoms with Crippen LogP contribution >= 0.6 is 0 Å². The van der Waals surface area contributed by atoms with Gasteiger partial charge in [-0.15, -0.1) is 0 Å². The van der Waals surface area contributed by atoms with Gasteiger partial charge in [0.05, 0.1) is 0 Å². The lowest BCUT2D eigenvalue weighted by molar-refractivity contribution is 0.102. The minimum absolute atomic E-state index is 0.136. The van der Waals surface area contributed by atoms with Gasteiger partial charge in [-0.25, -0.2) is 4.39 Å². The Hall–Kier alpha value is -2.95. The number of benzene rings is 2. The lowest BCUT2D eigenvalue weighted by Gasteiger charge is -2.06. The molecular formula is C17H13FN2O2. The predicted octanol–water partition coefficient (Wildman–Crippen LogP) is 3.23. The van der Waals surface area contributed by atoms with E-state index in [-0.39, 0.29) is 17.2 Å². The summed E-state index contributed by atoms with van der Waals surface area (Å²) in [4.78, 5) is 27.3. The minimum Gasteiger partial charge on any atom is -0.358 e. The Morgan fingerprint density at radius 3 is 2.55 bits per heavy atom. The second kappa shape index (κ2) is 5.44. The molecule has 0 spiro atoms. The Morgan fingerprint density at radius 1 is 1.09 bits per heavy atom. The molecule has 22 heavy (non-hydrogen) atoms. The first kappa shape index (κ1) is 14.0. The summed E-state index contributed by atoms with van der Waals surface area (Å²) in [7, 11) is 0. The van der Waals surface area contributed by atoms with Crippen molar-refractivity contribution in [3.8, 4) is 0 Å². The van der Waals surface area contributed by atoms with Gasteiger partial charge in [0.15, 0.2) is 5.43 Å². The van der Waals surface area contributed by atoms with Gasteiger partial charge < -0.3 is 10.3 Å². The summed E-state index contributed by atoms with van der Waals surface area (Å²) in [6.45, 7) is 1.80. The molecule has 1 aromatic heterocycles. The average molecular weight is 296 g/mol. The zero-order valence-electron chi connectivity index (χ0n) is 11.8. The number of rotatable bonds is 2. The Kier molecular flexibility index (Phi) is 3.47. The molecule has 0 fully saturated rings. The zero-order chi connectivity index (χ0) is 15.7. The van der Waals surface area contributed by atoms with E-state index in [1.165, 1.54) is 30.3 Å². The highest BCUT2D eigenvalue weighted by molar-refractivity contribution is 6.06. The molecule has 110 valence electrons. The van der Waals surface area contributed by atoms with Crippen molar-refractivity contribution in [1.29, 1.82) is 0 Å². The summed E-state index contributed by atoms with van der Waals surface area (Å²) in [5, 5.41) is 3.12. The molecule has 3 rings (SSSR count). The molecular weight excluding hydrogens is 283 g/mol. The summed E-state index contributed by atoms with van der Waals surface area (Å²) in [5.41, 5.74) is 2.17. The third kappa shape index (κ3) is 2.74. The number of aromatic amines is 1. The number of carbonyl (C=O) groups excluding carboxylic acids is 1. The van der Waals surface area contributed by atoms with Crippen LogP contribution < -0.4 is 10.7 Å². The maximum Gasteiger partial charge on any atom is 0.255 e. The smallest absolute Gasteiger partial charge is 0.255 e. The van der Waals surface area contributed by atoms with Crippen molar-refractivity contribution in [3.05, 3.63) is 75.8 Å². The molecule has 4 nitrogen and oxygen atoms in total. The van der Waals surface area contributed by atoms with Crippen molar-refractivity contribution in [3.63, 3.8) is 0 Å². The second-order valence-electron chi connectivity index (χ2n) is 5.04. The number of hydrogen-bond acceptors (Lipinski definition) is 2. The first-order valence-electron chi connectivity index (χ1n) is 6.73. The van der Waals surface area contributed by atoms with E-state index in [0.29, 0.717) is 22.2 Å². The fraction of sp³-hybridized carbons (Fsp3) is 0.0588. The number of hydrogen-bond donors (Lipinski definition) is 2. The number of amides is 1. The molecule has 0 saturated heterocycles. The maximum atomic E-state index is 12.8. The summed E-state index contributed by atoms with van der Waals surface area (Å²) < 4.78 is 12.8. The second-order valence-corrected chi connectivity index (χ2v) is 5.04. The zero-order valence-corrected chi connectivity index (χ0v) is 11.8. The third-order valence-electron chi connectivity index (χ3n) is 3.33. The number of carbonyl (C=O) groups is 1. The number of anilines is 1. The summed E-state index contributed by atoms with van der Waals surface area (Å²) >= 11 is 0. The van der Waals surface area contributed by atoms with Gasteiger partial charge >= 0.3 is 0 Å². The Bertz CT molecular complexity index is 914. The van der Waals surface area contributed by atoms with Gasteiger partial charge in [0.2, 0.25) is 0 Å². The van der Waals surface area contributed by atoms with Crippen LogP contribution in [0.4, 0.5) is 10.1 Å².